The van der Waals surface area contributed by atoms with Gasteiger partial charge in [-0.05, 0) is 61.9 Å². The molecule has 1 fully saturated rings. The summed E-state index contributed by atoms with van der Waals surface area (Å²) in [7, 11) is 0. The minimum atomic E-state index is -0.146. The zero-order valence-electron chi connectivity index (χ0n) is 14.6. The summed E-state index contributed by atoms with van der Waals surface area (Å²) in [6, 6.07) is 5.25. The first-order chi connectivity index (χ1) is 12.2. The third-order valence-corrected chi connectivity index (χ3v) is 6.26. The molecule has 1 aromatic carbocycles. The maximum Gasteiger partial charge on any atom is 0.140 e. The van der Waals surface area contributed by atoms with E-state index in [4.69, 9.17) is 0 Å². The quantitative estimate of drug-likeness (QED) is 0.865. The second-order valence-corrected chi connectivity index (χ2v) is 7.81. The van der Waals surface area contributed by atoms with Gasteiger partial charge in [0, 0.05) is 35.4 Å². The van der Waals surface area contributed by atoms with Crippen LogP contribution in [0.3, 0.4) is 0 Å². The highest BCUT2D eigenvalue weighted by atomic mass is 19.1. The maximum absolute atomic E-state index is 14.0. The first kappa shape index (κ1) is 15.3. The van der Waals surface area contributed by atoms with Gasteiger partial charge in [-0.1, -0.05) is 6.92 Å². The van der Waals surface area contributed by atoms with Crippen LogP contribution in [-0.2, 0) is 11.8 Å². The molecule has 4 nitrogen and oxygen atoms in total. The molecule has 0 radical (unpaired) electrons. The summed E-state index contributed by atoms with van der Waals surface area (Å²) in [4.78, 5) is 11.5. The van der Waals surface area contributed by atoms with Crippen molar-refractivity contribution in [2.75, 3.05) is 24.5 Å². The van der Waals surface area contributed by atoms with E-state index in [0.29, 0.717) is 5.92 Å². The van der Waals surface area contributed by atoms with Gasteiger partial charge in [-0.2, -0.15) is 0 Å². The van der Waals surface area contributed by atoms with Gasteiger partial charge in [0.05, 0.1) is 0 Å². The van der Waals surface area contributed by atoms with Gasteiger partial charge in [-0.25, -0.2) is 14.4 Å². The highest BCUT2D eigenvalue weighted by Crippen LogP contribution is 2.49. The Hall–Kier alpha value is -2.01. The first-order valence-electron chi connectivity index (χ1n) is 9.30. The van der Waals surface area contributed by atoms with Gasteiger partial charge < -0.3 is 10.2 Å². The third kappa shape index (κ3) is 2.21. The second-order valence-electron chi connectivity index (χ2n) is 7.81. The number of hydrogen-bond acceptors (Lipinski definition) is 4. The normalized spacial score (nSPS) is 27.6. The van der Waals surface area contributed by atoms with E-state index in [-0.39, 0.29) is 11.2 Å². The lowest BCUT2D eigenvalue weighted by atomic mass is 9.76. The van der Waals surface area contributed by atoms with Gasteiger partial charge >= 0.3 is 0 Å². The minimum absolute atomic E-state index is 0.0185. The molecule has 5 rings (SSSR count). The molecule has 5 heteroatoms. The molecule has 3 aliphatic rings. The van der Waals surface area contributed by atoms with E-state index in [9.17, 15) is 4.39 Å². The number of fused-ring (bicyclic) bond motifs is 3. The van der Waals surface area contributed by atoms with Crippen molar-refractivity contribution in [2.24, 2.45) is 0 Å². The standard InChI is InChI=1S/C20H23FN4/c1-13-3-5-16-18(13)19(24-12-23-16)25-11-20(7-2-8-22-10-20)15-9-14(21)4-6-17(15)25/h4,6,9,12-13,22H,2-3,5,7-8,10-11H2,1H3/t13-,20?/m1/s1. The topological polar surface area (TPSA) is 41.1 Å². The van der Waals surface area contributed by atoms with Crippen LogP contribution in [0.1, 0.15) is 48.9 Å². The molecule has 1 aromatic heterocycles. The Morgan fingerprint density at radius 2 is 2.24 bits per heavy atom. The molecule has 1 spiro atoms. The molecular formula is C20H23FN4. The molecule has 1 unspecified atom stereocenters. The summed E-state index contributed by atoms with van der Waals surface area (Å²) in [6.45, 7) is 5.09. The zero-order chi connectivity index (χ0) is 17.0. The third-order valence-electron chi connectivity index (χ3n) is 6.26. The number of nitrogens with one attached hydrogen (secondary N) is 1. The van der Waals surface area contributed by atoms with Gasteiger partial charge in [0.15, 0.2) is 0 Å². The van der Waals surface area contributed by atoms with Gasteiger partial charge in [-0.3, -0.25) is 0 Å². The molecule has 25 heavy (non-hydrogen) atoms. The minimum Gasteiger partial charge on any atom is -0.325 e. The van der Waals surface area contributed by atoms with Crippen LogP contribution < -0.4 is 10.2 Å². The van der Waals surface area contributed by atoms with Crippen LogP contribution in [0.15, 0.2) is 24.5 Å². The molecule has 2 aliphatic heterocycles. The van der Waals surface area contributed by atoms with Crippen molar-refractivity contribution >= 4 is 11.5 Å². The molecule has 1 saturated heterocycles. The van der Waals surface area contributed by atoms with Gasteiger partial charge in [0.25, 0.3) is 0 Å². The Bertz CT molecular complexity index is 828. The average molecular weight is 338 g/mol. The predicted octanol–water partition coefficient (Wildman–Crippen LogP) is 3.44. The van der Waals surface area contributed by atoms with Crippen LogP contribution in [0, 0.1) is 5.82 Å². The van der Waals surface area contributed by atoms with E-state index < -0.39 is 0 Å². The van der Waals surface area contributed by atoms with E-state index >= 15 is 0 Å². The Morgan fingerprint density at radius 3 is 3.08 bits per heavy atom. The average Bonchev–Trinajstić information content (AvgIpc) is 3.15. The molecular weight excluding hydrogens is 315 g/mol. The number of anilines is 2. The Kier molecular flexibility index (Phi) is 3.35. The van der Waals surface area contributed by atoms with Gasteiger partial charge in [0.1, 0.15) is 18.0 Å². The van der Waals surface area contributed by atoms with Gasteiger partial charge in [0.2, 0.25) is 0 Å². The predicted molar refractivity (Wildman–Crippen MR) is 96.0 cm³/mol. The Morgan fingerprint density at radius 1 is 1.32 bits per heavy atom. The highest BCUT2D eigenvalue weighted by molar-refractivity contribution is 5.73. The van der Waals surface area contributed by atoms with Gasteiger partial charge in [-0.15, -0.1) is 0 Å². The number of nitrogens with zero attached hydrogens (tertiary/aromatic N) is 3. The lowest BCUT2D eigenvalue weighted by Crippen LogP contribution is -2.46. The van der Waals surface area contributed by atoms with E-state index in [1.807, 2.05) is 6.07 Å². The van der Waals surface area contributed by atoms with Crippen LogP contribution in [-0.4, -0.2) is 29.6 Å². The summed E-state index contributed by atoms with van der Waals surface area (Å²) in [5.41, 5.74) is 4.71. The molecule has 1 N–H and O–H groups in total. The van der Waals surface area contributed by atoms with Crippen LogP contribution in [0.4, 0.5) is 15.9 Å². The maximum atomic E-state index is 14.0. The lowest BCUT2D eigenvalue weighted by molar-refractivity contribution is 0.332. The van der Waals surface area contributed by atoms with Crippen molar-refractivity contribution in [1.82, 2.24) is 15.3 Å². The Labute approximate surface area is 147 Å². The van der Waals surface area contributed by atoms with Crippen molar-refractivity contribution < 1.29 is 4.39 Å². The van der Waals surface area contributed by atoms with Crippen molar-refractivity contribution in [3.8, 4) is 0 Å². The van der Waals surface area contributed by atoms with E-state index in [1.165, 1.54) is 11.3 Å². The van der Waals surface area contributed by atoms with Crippen LogP contribution in [0.5, 0.6) is 0 Å². The smallest absolute Gasteiger partial charge is 0.140 e. The molecule has 0 amide bonds. The number of rotatable bonds is 1. The van der Waals surface area contributed by atoms with Crippen LogP contribution >= 0.6 is 0 Å². The monoisotopic (exact) mass is 338 g/mol. The number of aryl methyl sites for hydroxylation is 1. The fourth-order valence-corrected chi connectivity index (χ4v) is 5.00. The molecule has 1 aliphatic carbocycles. The van der Waals surface area contributed by atoms with Crippen molar-refractivity contribution in [2.45, 2.75) is 43.9 Å². The summed E-state index contributed by atoms with van der Waals surface area (Å²) in [5.74, 6) is 1.37. The molecule has 0 saturated carbocycles. The van der Waals surface area contributed by atoms with E-state index in [0.717, 1.165) is 62.4 Å². The van der Waals surface area contributed by atoms with Crippen molar-refractivity contribution in [3.05, 3.63) is 47.2 Å². The molecule has 2 atom stereocenters. The fourth-order valence-electron chi connectivity index (χ4n) is 5.00. The number of halogens is 1. The number of piperidine rings is 1. The van der Waals surface area contributed by atoms with Crippen molar-refractivity contribution in [1.29, 1.82) is 0 Å². The summed E-state index contributed by atoms with van der Waals surface area (Å²) >= 11 is 0. The summed E-state index contributed by atoms with van der Waals surface area (Å²) < 4.78 is 14.0. The SMILES string of the molecule is C[C@@H]1CCc2ncnc(N3CC4(CCCNC4)c4cc(F)ccc43)c21. The fraction of sp³-hybridized carbons (Fsp3) is 0.500. The zero-order valence-corrected chi connectivity index (χ0v) is 14.6. The first-order valence-corrected chi connectivity index (χ1v) is 9.30. The summed E-state index contributed by atoms with van der Waals surface area (Å²) in [6.07, 6.45) is 6.08. The Balaban J connectivity index is 1.67. The van der Waals surface area contributed by atoms with E-state index in [1.54, 1.807) is 18.5 Å². The molecule has 130 valence electrons. The lowest BCUT2D eigenvalue weighted by Gasteiger charge is -2.35. The molecule has 0 bridgehead atoms. The molecule has 2 aromatic rings. The van der Waals surface area contributed by atoms with Crippen LogP contribution in [0.2, 0.25) is 0 Å². The number of benzene rings is 1. The van der Waals surface area contributed by atoms with Crippen LogP contribution in [0.25, 0.3) is 0 Å². The largest absolute Gasteiger partial charge is 0.325 e. The second kappa shape index (κ2) is 5.49. The van der Waals surface area contributed by atoms with E-state index in [2.05, 4.69) is 27.1 Å². The summed E-state index contributed by atoms with van der Waals surface area (Å²) in [5, 5.41) is 3.53. The molecule has 3 heterocycles. The van der Waals surface area contributed by atoms with Crippen molar-refractivity contribution in [3.63, 3.8) is 0 Å². The number of hydrogen-bond donors (Lipinski definition) is 1. The number of aromatic nitrogens is 2. The highest BCUT2D eigenvalue weighted by Gasteiger charge is 2.45.